The van der Waals surface area contributed by atoms with Gasteiger partial charge in [-0.2, -0.15) is 0 Å². The number of amides is 1. The number of nitrogens with zero attached hydrogens (tertiary/aromatic N) is 3. The molecule has 170 valence electrons. The van der Waals surface area contributed by atoms with Crippen molar-refractivity contribution in [1.82, 2.24) is 19.8 Å². The van der Waals surface area contributed by atoms with Crippen molar-refractivity contribution in [2.75, 3.05) is 11.9 Å². The van der Waals surface area contributed by atoms with E-state index in [4.69, 9.17) is 23.8 Å². The maximum absolute atomic E-state index is 13.0. The van der Waals surface area contributed by atoms with Gasteiger partial charge in [0.15, 0.2) is 5.11 Å². The molecule has 0 unspecified atom stereocenters. The fourth-order valence-corrected chi connectivity index (χ4v) is 4.76. The molecule has 8 heteroatoms. The predicted molar refractivity (Wildman–Crippen MR) is 138 cm³/mol. The van der Waals surface area contributed by atoms with Crippen LogP contribution in [0.25, 0.3) is 5.69 Å². The van der Waals surface area contributed by atoms with Crippen LogP contribution in [0.2, 0.25) is 5.02 Å². The number of para-hydroxylation sites is 1. The number of halogens is 1. The van der Waals surface area contributed by atoms with Gasteiger partial charge >= 0.3 is 0 Å². The number of hydrogen-bond acceptors (Lipinski definition) is 3. The summed E-state index contributed by atoms with van der Waals surface area (Å²) in [5.41, 5.74) is 3.49. The third-order valence-electron chi connectivity index (χ3n) is 5.74. The zero-order chi connectivity index (χ0) is 23.5. The Morgan fingerprint density at radius 3 is 2.62 bits per heavy atom. The normalized spacial score (nSPS) is 17.4. The number of aromatic nitrogens is 2. The van der Waals surface area contributed by atoms with E-state index in [0.717, 1.165) is 22.8 Å². The van der Waals surface area contributed by atoms with E-state index in [1.54, 1.807) is 6.20 Å². The highest BCUT2D eigenvalue weighted by Gasteiger charge is 2.42. The molecule has 1 aliphatic rings. The number of pyridine rings is 1. The first-order valence-electron chi connectivity index (χ1n) is 10.9. The molecule has 0 saturated carbocycles. The summed E-state index contributed by atoms with van der Waals surface area (Å²) in [7, 11) is 0. The molecule has 1 aliphatic heterocycles. The van der Waals surface area contributed by atoms with E-state index in [-0.39, 0.29) is 24.5 Å². The van der Waals surface area contributed by atoms with Gasteiger partial charge in [0.1, 0.15) is 6.54 Å². The lowest BCUT2D eigenvalue weighted by Gasteiger charge is -2.28. The second-order valence-electron chi connectivity index (χ2n) is 7.95. The number of hydrogen-bond donors (Lipinski definition) is 2. The average Bonchev–Trinajstić information content (AvgIpc) is 3.45. The van der Waals surface area contributed by atoms with Crippen LogP contribution >= 0.6 is 23.8 Å². The Kier molecular flexibility index (Phi) is 6.29. The Hall–Kier alpha value is -3.68. The van der Waals surface area contributed by atoms with Gasteiger partial charge in [0.2, 0.25) is 5.91 Å². The van der Waals surface area contributed by atoms with Crippen LogP contribution in [-0.4, -0.2) is 32.0 Å². The summed E-state index contributed by atoms with van der Waals surface area (Å²) < 4.78 is 2.07. The minimum absolute atomic E-state index is 0.0927. The van der Waals surface area contributed by atoms with Crippen molar-refractivity contribution < 1.29 is 4.79 Å². The maximum atomic E-state index is 13.0. The van der Waals surface area contributed by atoms with Crippen LogP contribution in [0.5, 0.6) is 0 Å². The molecule has 3 heterocycles. The summed E-state index contributed by atoms with van der Waals surface area (Å²) in [6.45, 7) is 0.0927. The number of anilines is 1. The number of benzene rings is 2. The molecule has 2 N–H and O–H groups in total. The molecule has 1 amide bonds. The third kappa shape index (κ3) is 4.53. The van der Waals surface area contributed by atoms with Gasteiger partial charge in [0.25, 0.3) is 0 Å². The van der Waals surface area contributed by atoms with Crippen LogP contribution in [-0.2, 0) is 4.79 Å². The molecule has 1 saturated heterocycles. The molecule has 34 heavy (non-hydrogen) atoms. The van der Waals surface area contributed by atoms with Crippen molar-refractivity contribution in [2.24, 2.45) is 0 Å². The quantitative estimate of drug-likeness (QED) is 0.369. The molecule has 2 aromatic heterocycles. The highest BCUT2D eigenvalue weighted by molar-refractivity contribution is 7.80. The van der Waals surface area contributed by atoms with Gasteiger partial charge in [0, 0.05) is 34.5 Å². The molecule has 0 aliphatic carbocycles. The monoisotopic (exact) mass is 487 g/mol. The van der Waals surface area contributed by atoms with Crippen molar-refractivity contribution in [3.63, 3.8) is 0 Å². The number of rotatable bonds is 6. The molecule has 1 fully saturated rings. The van der Waals surface area contributed by atoms with Crippen LogP contribution in [0.15, 0.2) is 97.3 Å². The van der Waals surface area contributed by atoms with Crippen molar-refractivity contribution >= 4 is 40.5 Å². The second-order valence-corrected chi connectivity index (χ2v) is 8.77. The predicted octanol–water partition coefficient (Wildman–Crippen LogP) is 5.14. The minimum atomic E-state index is -0.266. The average molecular weight is 488 g/mol. The molecule has 2 aromatic carbocycles. The molecule has 5 rings (SSSR count). The van der Waals surface area contributed by atoms with Crippen LogP contribution < -0.4 is 10.6 Å². The number of nitrogens with one attached hydrogen (secondary N) is 2. The standard InChI is InChI=1S/C26H22ClN5OS/c27-18-8-6-11-20(16-18)31-15-7-13-22(31)25-24(21-12-4-5-14-28-21)30-26(34)32(25)17-23(33)29-19-9-2-1-3-10-19/h1-16,24-25H,17H2,(H,29,33)(H,30,34)/t24-,25-/m0/s1. The van der Waals surface area contributed by atoms with Crippen molar-refractivity contribution in [3.05, 3.63) is 114 Å². The zero-order valence-corrected chi connectivity index (χ0v) is 19.7. The van der Waals surface area contributed by atoms with E-state index >= 15 is 0 Å². The van der Waals surface area contributed by atoms with E-state index < -0.39 is 0 Å². The van der Waals surface area contributed by atoms with E-state index in [9.17, 15) is 4.79 Å². The van der Waals surface area contributed by atoms with E-state index in [0.29, 0.717) is 10.1 Å². The Bertz CT molecular complexity index is 1310. The van der Waals surface area contributed by atoms with Gasteiger partial charge in [-0.05, 0) is 66.8 Å². The molecule has 6 nitrogen and oxygen atoms in total. The van der Waals surface area contributed by atoms with Gasteiger partial charge in [-0.3, -0.25) is 9.78 Å². The Balaban J connectivity index is 1.52. The fraction of sp³-hybridized carbons (Fsp3) is 0.115. The lowest BCUT2D eigenvalue weighted by atomic mass is 10.0. The van der Waals surface area contributed by atoms with Crippen molar-refractivity contribution in [2.45, 2.75) is 12.1 Å². The van der Waals surface area contributed by atoms with E-state index in [1.165, 1.54) is 0 Å². The first-order valence-corrected chi connectivity index (χ1v) is 11.6. The fourth-order valence-electron chi connectivity index (χ4n) is 4.27. The topological polar surface area (TPSA) is 62.2 Å². The summed E-state index contributed by atoms with van der Waals surface area (Å²) in [5, 5.41) is 7.50. The SMILES string of the molecule is O=C(CN1C(=S)N[C@@H](c2ccccn2)[C@@H]1c1cccn1-c1cccc(Cl)c1)Nc1ccccc1. The minimum Gasteiger partial charge on any atom is -0.352 e. The van der Waals surface area contributed by atoms with Crippen LogP contribution in [0.3, 0.4) is 0 Å². The summed E-state index contributed by atoms with van der Waals surface area (Å²) in [5.74, 6) is -0.150. The third-order valence-corrected chi connectivity index (χ3v) is 6.33. The summed E-state index contributed by atoms with van der Waals surface area (Å²) in [6.07, 6.45) is 3.75. The molecular formula is C26H22ClN5OS. The Morgan fingerprint density at radius 2 is 1.85 bits per heavy atom. The second kappa shape index (κ2) is 9.67. The van der Waals surface area contributed by atoms with Gasteiger partial charge in [-0.1, -0.05) is 41.9 Å². The van der Waals surface area contributed by atoms with E-state index in [2.05, 4.69) is 20.2 Å². The van der Waals surface area contributed by atoms with Gasteiger partial charge in [0.05, 0.1) is 17.8 Å². The number of carbonyl (C=O) groups excluding carboxylic acids is 1. The molecule has 2 atom stereocenters. The zero-order valence-electron chi connectivity index (χ0n) is 18.1. The Labute approximate surface area is 208 Å². The molecule has 0 bridgehead atoms. The lowest BCUT2D eigenvalue weighted by molar-refractivity contribution is -0.116. The highest BCUT2D eigenvalue weighted by atomic mass is 35.5. The van der Waals surface area contributed by atoms with Crippen molar-refractivity contribution in [3.8, 4) is 5.69 Å². The number of thiocarbonyl (C=S) groups is 1. The summed E-state index contributed by atoms with van der Waals surface area (Å²) >= 11 is 12.0. The molecule has 0 radical (unpaired) electrons. The van der Waals surface area contributed by atoms with Gasteiger partial charge < -0.3 is 20.1 Å². The molecular weight excluding hydrogens is 466 g/mol. The largest absolute Gasteiger partial charge is 0.352 e. The lowest BCUT2D eigenvalue weighted by Crippen LogP contribution is -2.37. The van der Waals surface area contributed by atoms with Crippen molar-refractivity contribution in [1.29, 1.82) is 0 Å². The smallest absolute Gasteiger partial charge is 0.244 e. The van der Waals surface area contributed by atoms with E-state index in [1.807, 2.05) is 96.0 Å². The Morgan fingerprint density at radius 1 is 1.03 bits per heavy atom. The van der Waals surface area contributed by atoms with Crippen LogP contribution in [0, 0.1) is 0 Å². The summed E-state index contributed by atoms with van der Waals surface area (Å²) in [6, 6.07) is 26.4. The molecule has 4 aromatic rings. The molecule has 0 spiro atoms. The van der Waals surface area contributed by atoms with Crippen LogP contribution in [0.1, 0.15) is 23.5 Å². The van der Waals surface area contributed by atoms with Crippen LogP contribution in [0.4, 0.5) is 5.69 Å². The van der Waals surface area contributed by atoms with Gasteiger partial charge in [-0.15, -0.1) is 0 Å². The first kappa shape index (κ1) is 22.1. The summed E-state index contributed by atoms with van der Waals surface area (Å²) in [4.78, 5) is 19.5. The maximum Gasteiger partial charge on any atom is 0.244 e. The van der Waals surface area contributed by atoms with Gasteiger partial charge in [-0.25, -0.2) is 0 Å². The number of carbonyl (C=O) groups is 1. The first-order chi connectivity index (χ1) is 16.6. The highest BCUT2D eigenvalue weighted by Crippen LogP contribution is 2.39.